The smallest absolute Gasteiger partial charge is 0.128 e. The Labute approximate surface area is 89.7 Å². The van der Waals surface area contributed by atoms with E-state index in [1.807, 2.05) is 37.0 Å². The highest BCUT2D eigenvalue weighted by Crippen LogP contribution is 2.08. The number of pyridine rings is 1. The van der Waals surface area contributed by atoms with E-state index in [0.29, 0.717) is 0 Å². The Kier molecular flexibility index (Phi) is 5.22. The van der Waals surface area contributed by atoms with Gasteiger partial charge in [-0.2, -0.15) is 11.8 Å². The van der Waals surface area contributed by atoms with Crippen LogP contribution in [0.2, 0.25) is 0 Å². The molecule has 0 fully saturated rings. The molecule has 14 heavy (non-hydrogen) atoms. The van der Waals surface area contributed by atoms with E-state index in [-0.39, 0.29) is 0 Å². The van der Waals surface area contributed by atoms with Gasteiger partial charge in [-0.1, -0.05) is 6.07 Å². The van der Waals surface area contributed by atoms with Crippen molar-refractivity contribution in [2.45, 2.75) is 6.42 Å². The Bertz CT molecular complexity index is 265. The standard InChI is InChI=1S/C10H17N3S/c1-11-9-5-3-6-10(13-9)12-7-4-8-14-2/h3,5-6H,4,7-8H2,1-2H3,(H2,11,12,13). The van der Waals surface area contributed by atoms with Gasteiger partial charge in [0.25, 0.3) is 0 Å². The van der Waals surface area contributed by atoms with Crippen LogP contribution in [0.25, 0.3) is 0 Å². The zero-order chi connectivity index (χ0) is 10.2. The second-order valence-corrected chi connectivity index (χ2v) is 3.92. The third kappa shape index (κ3) is 3.87. The molecule has 0 amide bonds. The van der Waals surface area contributed by atoms with Gasteiger partial charge in [0.1, 0.15) is 11.6 Å². The van der Waals surface area contributed by atoms with Crippen LogP contribution in [-0.4, -0.2) is 30.6 Å². The van der Waals surface area contributed by atoms with Gasteiger partial charge in [0.05, 0.1) is 0 Å². The zero-order valence-electron chi connectivity index (χ0n) is 8.71. The second-order valence-electron chi connectivity index (χ2n) is 2.93. The molecular formula is C10H17N3S. The fourth-order valence-corrected chi connectivity index (χ4v) is 1.54. The fourth-order valence-electron chi connectivity index (χ4n) is 1.11. The minimum Gasteiger partial charge on any atom is -0.373 e. The highest BCUT2D eigenvalue weighted by molar-refractivity contribution is 7.98. The molecule has 0 aromatic carbocycles. The maximum atomic E-state index is 4.36. The molecule has 1 aromatic rings. The van der Waals surface area contributed by atoms with Gasteiger partial charge in [0, 0.05) is 13.6 Å². The van der Waals surface area contributed by atoms with Crippen molar-refractivity contribution >= 4 is 23.4 Å². The van der Waals surface area contributed by atoms with Crippen LogP contribution in [-0.2, 0) is 0 Å². The van der Waals surface area contributed by atoms with Crippen LogP contribution < -0.4 is 10.6 Å². The van der Waals surface area contributed by atoms with E-state index < -0.39 is 0 Å². The van der Waals surface area contributed by atoms with Gasteiger partial charge in [-0.3, -0.25) is 0 Å². The lowest BCUT2D eigenvalue weighted by Gasteiger charge is -2.06. The molecule has 1 aromatic heterocycles. The van der Waals surface area contributed by atoms with Crippen molar-refractivity contribution < 1.29 is 0 Å². The third-order valence-electron chi connectivity index (χ3n) is 1.84. The lowest BCUT2D eigenvalue weighted by Crippen LogP contribution is -2.05. The largest absolute Gasteiger partial charge is 0.373 e. The first-order valence-corrected chi connectivity index (χ1v) is 6.14. The van der Waals surface area contributed by atoms with Crippen molar-refractivity contribution in [2.75, 3.05) is 36.2 Å². The lowest BCUT2D eigenvalue weighted by atomic mass is 10.4. The van der Waals surface area contributed by atoms with Gasteiger partial charge in [-0.05, 0) is 30.6 Å². The molecule has 0 bridgehead atoms. The van der Waals surface area contributed by atoms with E-state index in [0.717, 1.165) is 18.2 Å². The van der Waals surface area contributed by atoms with Crippen molar-refractivity contribution in [1.29, 1.82) is 0 Å². The predicted octanol–water partition coefficient (Wildman–Crippen LogP) is 2.29. The summed E-state index contributed by atoms with van der Waals surface area (Å²) in [5, 5.41) is 6.30. The number of nitrogens with zero attached hydrogens (tertiary/aromatic N) is 1. The summed E-state index contributed by atoms with van der Waals surface area (Å²) < 4.78 is 0. The molecule has 0 saturated heterocycles. The van der Waals surface area contributed by atoms with Crippen LogP contribution in [0, 0.1) is 0 Å². The Hall–Kier alpha value is -0.900. The average Bonchev–Trinajstić information content (AvgIpc) is 2.25. The fraction of sp³-hybridized carbons (Fsp3) is 0.500. The molecule has 78 valence electrons. The van der Waals surface area contributed by atoms with Crippen LogP contribution in [0.15, 0.2) is 18.2 Å². The topological polar surface area (TPSA) is 37.0 Å². The van der Waals surface area contributed by atoms with Crippen LogP contribution in [0.4, 0.5) is 11.6 Å². The second kappa shape index (κ2) is 6.54. The maximum absolute atomic E-state index is 4.36. The van der Waals surface area contributed by atoms with Gasteiger partial charge in [-0.15, -0.1) is 0 Å². The molecule has 2 N–H and O–H groups in total. The number of rotatable bonds is 6. The predicted molar refractivity (Wildman–Crippen MR) is 65.3 cm³/mol. The summed E-state index contributed by atoms with van der Waals surface area (Å²) in [6.45, 7) is 0.987. The third-order valence-corrected chi connectivity index (χ3v) is 2.53. The van der Waals surface area contributed by atoms with Gasteiger partial charge in [0.2, 0.25) is 0 Å². The molecule has 1 heterocycles. The van der Waals surface area contributed by atoms with Crippen molar-refractivity contribution in [3.8, 4) is 0 Å². The number of aromatic nitrogens is 1. The van der Waals surface area contributed by atoms with Crippen molar-refractivity contribution in [2.24, 2.45) is 0 Å². The first-order chi connectivity index (χ1) is 6.86. The van der Waals surface area contributed by atoms with Crippen molar-refractivity contribution in [3.05, 3.63) is 18.2 Å². The summed E-state index contributed by atoms with van der Waals surface area (Å²) in [5.74, 6) is 3.04. The van der Waals surface area contributed by atoms with Gasteiger partial charge >= 0.3 is 0 Å². The molecule has 4 heteroatoms. The molecule has 0 unspecified atom stereocenters. The Morgan fingerprint density at radius 2 is 2.14 bits per heavy atom. The van der Waals surface area contributed by atoms with Gasteiger partial charge in [0.15, 0.2) is 0 Å². The summed E-state index contributed by atoms with van der Waals surface area (Å²) in [7, 11) is 1.87. The minimum absolute atomic E-state index is 0.903. The number of thioether (sulfide) groups is 1. The summed E-state index contributed by atoms with van der Waals surface area (Å²) in [6.07, 6.45) is 3.30. The molecule has 0 radical (unpaired) electrons. The number of hydrogen-bond donors (Lipinski definition) is 2. The molecule has 0 aliphatic heterocycles. The van der Waals surface area contributed by atoms with E-state index in [1.165, 1.54) is 12.2 Å². The lowest BCUT2D eigenvalue weighted by molar-refractivity contribution is 0.982. The molecule has 0 atom stereocenters. The average molecular weight is 211 g/mol. The summed E-state index contributed by atoms with van der Waals surface area (Å²) in [5.41, 5.74) is 0. The highest BCUT2D eigenvalue weighted by atomic mass is 32.2. The first kappa shape index (κ1) is 11.2. The quantitative estimate of drug-likeness (QED) is 0.708. The van der Waals surface area contributed by atoms with Crippen molar-refractivity contribution in [1.82, 2.24) is 4.98 Å². The number of hydrogen-bond acceptors (Lipinski definition) is 4. The van der Waals surface area contributed by atoms with Crippen LogP contribution in [0.5, 0.6) is 0 Å². The summed E-state index contributed by atoms with van der Waals surface area (Å²) in [6, 6.07) is 5.93. The van der Waals surface area contributed by atoms with E-state index >= 15 is 0 Å². The minimum atomic E-state index is 0.903. The Morgan fingerprint density at radius 3 is 2.86 bits per heavy atom. The van der Waals surface area contributed by atoms with Gasteiger partial charge < -0.3 is 10.6 Å². The maximum Gasteiger partial charge on any atom is 0.128 e. The monoisotopic (exact) mass is 211 g/mol. The summed E-state index contributed by atoms with van der Waals surface area (Å²) in [4.78, 5) is 4.36. The SMILES string of the molecule is CNc1cccc(NCCCSC)n1. The van der Waals surface area contributed by atoms with Crippen LogP contribution in [0.1, 0.15) is 6.42 Å². The van der Waals surface area contributed by atoms with E-state index in [9.17, 15) is 0 Å². The van der Waals surface area contributed by atoms with Crippen molar-refractivity contribution in [3.63, 3.8) is 0 Å². The molecule has 0 saturated carbocycles. The zero-order valence-corrected chi connectivity index (χ0v) is 9.53. The van der Waals surface area contributed by atoms with Gasteiger partial charge in [-0.25, -0.2) is 4.98 Å². The summed E-state index contributed by atoms with van der Waals surface area (Å²) >= 11 is 1.87. The molecular weight excluding hydrogens is 194 g/mol. The van der Waals surface area contributed by atoms with Crippen LogP contribution in [0.3, 0.4) is 0 Å². The normalized spacial score (nSPS) is 9.86. The van der Waals surface area contributed by atoms with E-state index in [2.05, 4.69) is 21.9 Å². The molecule has 0 aliphatic carbocycles. The van der Waals surface area contributed by atoms with Crippen LogP contribution >= 0.6 is 11.8 Å². The number of nitrogens with one attached hydrogen (secondary N) is 2. The molecule has 0 aliphatic rings. The first-order valence-electron chi connectivity index (χ1n) is 4.74. The van der Waals surface area contributed by atoms with E-state index in [4.69, 9.17) is 0 Å². The van der Waals surface area contributed by atoms with E-state index in [1.54, 1.807) is 0 Å². The Morgan fingerprint density at radius 1 is 1.36 bits per heavy atom. The molecule has 0 spiro atoms. The Balaban J connectivity index is 2.34. The molecule has 1 rings (SSSR count). The number of anilines is 2. The highest BCUT2D eigenvalue weighted by Gasteiger charge is 1.94. The molecule has 3 nitrogen and oxygen atoms in total.